The lowest BCUT2D eigenvalue weighted by atomic mass is 10.0. The van der Waals surface area contributed by atoms with Gasteiger partial charge in [-0.25, -0.2) is 4.68 Å². The summed E-state index contributed by atoms with van der Waals surface area (Å²) < 4.78 is 30.7. The topological polar surface area (TPSA) is 67.2 Å². The number of nitrogens with zero attached hydrogens (tertiary/aromatic N) is 3. The summed E-state index contributed by atoms with van der Waals surface area (Å²) in [6.45, 7) is 3.47. The van der Waals surface area contributed by atoms with E-state index >= 15 is 0 Å². The maximum Gasteiger partial charge on any atom is 0.279 e. The second-order valence-corrected chi connectivity index (χ2v) is 7.77. The van der Waals surface area contributed by atoms with Crippen molar-refractivity contribution >= 4 is 10.2 Å². The highest BCUT2D eigenvalue weighted by Gasteiger charge is 2.26. The number of rotatable bonds is 5. The van der Waals surface area contributed by atoms with Crippen molar-refractivity contribution in [3.63, 3.8) is 0 Å². The summed E-state index contributed by atoms with van der Waals surface area (Å²) in [5.41, 5.74) is 1.65. The van der Waals surface area contributed by atoms with Crippen LogP contribution in [0.2, 0.25) is 0 Å². The third-order valence-electron chi connectivity index (χ3n) is 4.06. The minimum absolute atomic E-state index is 0.201. The van der Waals surface area contributed by atoms with Gasteiger partial charge in [0.25, 0.3) is 10.2 Å². The molecule has 1 saturated heterocycles. The molecule has 7 heteroatoms. The average molecular weight is 334 g/mol. The fourth-order valence-electron chi connectivity index (χ4n) is 2.80. The van der Waals surface area contributed by atoms with Crippen molar-refractivity contribution < 1.29 is 8.42 Å². The predicted molar refractivity (Wildman–Crippen MR) is 89.3 cm³/mol. The maximum absolute atomic E-state index is 12.4. The molecule has 1 unspecified atom stereocenters. The smallest absolute Gasteiger partial charge is 0.241 e. The first-order valence-corrected chi connectivity index (χ1v) is 9.33. The van der Waals surface area contributed by atoms with E-state index in [1.807, 2.05) is 42.6 Å². The molecule has 124 valence electrons. The van der Waals surface area contributed by atoms with Crippen molar-refractivity contribution in [2.45, 2.75) is 26.3 Å². The number of benzene rings is 1. The van der Waals surface area contributed by atoms with Crippen LogP contribution in [-0.4, -0.2) is 35.6 Å². The van der Waals surface area contributed by atoms with Crippen LogP contribution >= 0.6 is 0 Å². The Morgan fingerprint density at radius 2 is 2.04 bits per heavy atom. The van der Waals surface area contributed by atoms with Gasteiger partial charge >= 0.3 is 0 Å². The summed E-state index contributed by atoms with van der Waals surface area (Å²) in [5.74, 6) is 0.414. The van der Waals surface area contributed by atoms with Gasteiger partial charge in [0.1, 0.15) is 0 Å². The molecule has 1 atom stereocenters. The van der Waals surface area contributed by atoms with E-state index in [1.165, 1.54) is 4.31 Å². The number of aromatic nitrogens is 2. The molecule has 0 aliphatic carbocycles. The summed E-state index contributed by atoms with van der Waals surface area (Å²) in [7, 11) is -3.44. The average Bonchev–Trinajstić information content (AvgIpc) is 3.03. The Morgan fingerprint density at radius 3 is 2.78 bits per heavy atom. The second-order valence-electron chi connectivity index (χ2n) is 6.02. The van der Waals surface area contributed by atoms with Gasteiger partial charge in [0, 0.05) is 19.3 Å². The van der Waals surface area contributed by atoms with Crippen molar-refractivity contribution in [1.82, 2.24) is 18.8 Å². The highest BCUT2D eigenvalue weighted by molar-refractivity contribution is 7.87. The van der Waals surface area contributed by atoms with Crippen LogP contribution in [0, 0.1) is 5.92 Å². The van der Waals surface area contributed by atoms with Gasteiger partial charge < -0.3 is 0 Å². The van der Waals surface area contributed by atoms with E-state index in [2.05, 4.69) is 16.7 Å². The number of piperidine rings is 1. The molecule has 1 aliphatic heterocycles. The molecule has 0 amide bonds. The predicted octanol–water partition coefficient (Wildman–Crippen LogP) is 1.94. The third-order valence-corrected chi connectivity index (χ3v) is 5.58. The van der Waals surface area contributed by atoms with Crippen LogP contribution in [-0.2, 0) is 16.8 Å². The Labute approximate surface area is 137 Å². The first kappa shape index (κ1) is 16.2. The van der Waals surface area contributed by atoms with Crippen LogP contribution in [0.15, 0.2) is 42.6 Å². The van der Waals surface area contributed by atoms with Crippen molar-refractivity contribution in [3.05, 3.63) is 48.3 Å². The van der Waals surface area contributed by atoms with Crippen LogP contribution < -0.4 is 4.72 Å². The summed E-state index contributed by atoms with van der Waals surface area (Å²) in [4.78, 5) is 0. The monoisotopic (exact) mass is 334 g/mol. The van der Waals surface area contributed by atoms with Crippen molar-refractivity contribution in [2.24, 2.45) is 5.92 Å². The summed E-state index contributed by atoms with van der Waals surface area (Å²) in [6, 6.07) is 11.6. The molecule has 0 bridgehead atoms. The minimum Gasteiger partial charge on any atom is -0.241 e. The van der Waals surface area contributed by atoms with Gasteiger partial charge in [-0.3, -0.25) is 0 Å². The Balaban J connectivity index is 1.63. The lowest BCUT2D eigenvalue weighted by Gasteiger charge is -2.29. The Hall–Kier alpha value is -1.70. The van der Waals surface area contributed by atoms with E-state index in [1.54, 1.807) is 4.68 Å². The van der Waals surface area contributed by atoms with E-state index in [-0.39, 0.29) is 6.54 Å². The van der Waals surface area contributed by atoms with E-state index in [0.29, 0.717) is 24.7 Å². The molecule has 6 nitrogen and oxygen atoms in total. The molecule has 0 spiro atoms. The van der Waals surface area contributed by atoms with Crippen molar-refractivity contribution in [1.29, 1.82) is 0 Å². The van der Waals surface area contributed by atoms with Gasteiger partial charge in [-0.05, 0) is 37.0 Å². The van der Waals surface area contributed by atoms with E-state index in [9.17, 15) is 8.42 Å². The zero-order valence-corrected chi connectivity index (χ0v) is 14.0. The molecule has 0 saturated carbocycles. The lowest BCUT2D eigenvalue weighted by molar-refractivity contribution is 0.278. The first-order valence-electron chi connectivity index (χ1n) is 7.89. The fraction of sp³-hybridized carbons (Fsp3) is 0.438. The van der Waals surface area contributed by atoms with Crippen LogP contribution in [0.5, 0.6) is 0 Å². The van der Waals surface area contributed by atoms with Gasteiger partial charge in [-0.15, -0.1) is 0 Å². The number of para-hydroxylation sites is 1. The standard InChI is InChI=1S/C16H22N4O2S/c1-14-6-5-10-19(13-14)23(21,22)17-12-15-9-11-20(18-15)16-7-3-2-4-8-16/h2-4,7-9,11,14,17H,5-6,10,12-13H2,1H3. The maximum atomic E-state index is 12.4. The van der Waals surface area contributed by atoms with E-state index in [0.717, 1.165) is 18.5 Å². The van der Waals surface area contributed by atoms with Crippen LogP contribution in [0.4, 0.5) is 0 Å². The Bertz CT molecular complexity index is 742. The Morgan fingerprint density at radius 1 is 1.26 bits per heavy atom. The minimum atomic E-state index is -3.44. The molecule has 23 heavy (non-hydrogen) atoms. The van der Waals surface area contributed by atoms with Gasteiger partial charge in [0.2, 0.25) is 0 Å². The second kappa shape index (κ2) is 6.82. The van der Waals surface area contributed by atoms with Crippen LogP contribution in [0.1, 0.15) is 25.5 Å². The molecule has 2 heterocycles. The molecule has 1 aliphatic rings. The SMILES string of the molecule is CC1CCCN(S(=O)(=O)NCc2ccn(-c3ccccc3)n2)C1. The number of nitrogens with one attached hydrogen (secondary N) is 1. The molecule has 3 rings (SSSR count). The highest BCUT2D eigenvalue weighted by Crippen LogP contribution is 2.17. The van der Waals surface area contributed by atoms with Crippen LogP contribution in [0.3, 0.4) is 0 Å². The summed E-state index contributed by atoms with van der Waals surface area (Å²) >= 11 is 0. The molecule has 1 N–H and O–H groups in total. The first-order chi connectivity index (χ1) is 11.0. The lowest BCUT2D eigenvalue weighted by Crippen LogP contribution is -2.45. The third kappa shape index (κ3) is 3.99. The van der Waals surface area contributed by atoms with Crippen LogP contribution in [0.25, 0.3) is 5.69 Å². The van der Waals surface area contributed by atoms with Gasteiger partial charge in [-0.2, -0.15) is 22.5 Å². The summed E-state index contributed by atoms with van der Waals surface area (Å²) in [6.07, 6.45) is 3.85. The summed E-state index contributed by atoms with van der Waals surface area (Å²) in [5, 5.41) is 4.41. The molecule has 1 aromatic heterocycles. The van der Waals surface area contributed by atoms with E-state index < -0.39 is 10.2 Å². The quantitative estimate of drug-likeness (QED) is 0.908. The molecular formula is C16H22N4O2S. The Kier molecular flexibility index (Phi) is 4.79. The van der Waals surface area contributed by atoms with Crippen molar-refractivity contribution in [2.75, 3.05) is 13.1 Å². The fourth-order valence-corrected chi connectivity index (χ4v) is 4.13. The molecule has 1 aromatic carbocycles. The molecule has 2 aromatic rings. The highest BCUT2D eigenvalue weighted by atomic mass is 32.2. The molecular weight excluding hydrogens is 312 g/mol. The van der Waals surface area contributed by atoms with Gasteiger partial charge in [-0.1, -0.05) is 25.1 Å². The van der Waals surface area contributed by atoms with Gasteiger partial charge in [0.05, 0.1) is 17.9 Å². The van der Waals surface area contributed by atoms with E-state index in [4.69, 9.17) is 0 Å². The van der Waals surface area contributed by atoms with Crippen molar-refractivity contribution in [3.8, 4) is 5.69 Å². The largest absolute Gasteiger partial charge is 0.279 e. The number of hydrogen-bond acceptors (Lipinski definition) is 3. The zero-order chi connectivity index (χ0) is 16.3. The zero-order valence-electron chi connectivity index (χ0n) is 13.2. The normalized spacial score (nSPS) is 19.8. The molecule has 0 radical (unpaired) electrons. The molecule has 1 fully saturated rings. The van der Waals surface area contributed by atoms with Gasteiger partial charge in [0.15, 0.2) is 0 Å². The number of hydrogen-bond donors (Lipinski definition) is 1.